The van der Waals surface area contributed by atoms with Crippen LogP contribution in [-0.2, 0) is 11.2 Å². The Bertz CT molecular complexity index is 532. The van der Waals surface area contributed by atoms with Crippen molar-refractivity contribution in [2.45, 2.75) is 31.9 Å². The van der Waals surface area contributed by atoms with Crippen molar-refractivity contribution >= 4 is 21.9 Å². The van der Waals surface area contributed by atoms with Gasteiger partial charge in [-0.1, -0.05) is 15.9 Å². The van der Waals surface area contributed by atoms with Crippen LogP contribution in [0.3, 0.4) is 0 Å². The summed E-state index contributed by atoms with van der Waals surface area (Å²) in [5.41, 5.74) is 2.29. The summed E-state index contributed by atoms with van der Waals surface area (Å²) in [6.45, 7) is 2.58. The minimum absolute atomic E-state index is 0.0673. The van der Waals surface area contributed by atoms with Crippen molar-refractivity contribution in [1.29, 1.82) is 0 Å². The van der Waals surface area contributed by atoms with E-state index in [9.17, 15) is 4.79 Å². The van der Waals surface area contributed by atoms with E-state index in [0.717, 1.165) is 22.2 Å². The van der Waals surface area contributed by atoms with Gasteiger partial charge in [-0.05, 0) is 31.0 Å². The molecule has 5 heteroatoms. The number of hydrogen-bond acceptors (Lipinski definition) is 3. The van der Waals surface area contributed by atoms with Crippen molar-refractivity contribution in [2.24, 2.45) is 5.92 Å². The molecule has 102 valence electrons. The Morgan fingerprint density at radius 1 is 1.53 bits per heavy atom. The van der Waals surface area contributed by atoms with Crippen LogP contribution in [0.4, 0.5) is 0 Å². The number of carbonyl (C=O) groups is 1. The Balaban J connectivity index is 1.92. The van der Waals surface area contributed by atoms with E-state index in [0.29, 0.717) is 13.0 Å². The van der Waals surface area contributed by atoms with Gasteiger partial charge in [-0.2, -0.15) is 0 Å². The molecule has 2 aliphatic heterocycles. The highest BCUT2D eigenvalue weighted by Gasteiger charge is 2.34. The van der Waals surface area contributed by atoms with E-state index < -0.39 is 5.97 Å². The third-order valence-electron chi connectivity index (χ3n) is 3.84. The summed E-state index contributed by atoms with van der Waals surface area (Å²) in [6.07, 6.45) is 1.73. The van der Waals surface area contributed by atoms with Gasteiger partial charge in [0.1, 0.15) is 11.9 Å². The van der Waals surface area contributed by atoms with E-state index in [-0.39, 0.29) is 18.1 Å². The van der Waals surface area contributed by atoms with Crippen LogP contribution in [0.1, 0.15) is 30.5 Å². The summed E-state index contributed by atoms with van der Waals surface area (Å²) < 4.78 is 6.92. The third-order valence-corrected chi connectivity index (χ3v) is 4.30. The zero-order valence-corrected chi connectivity index (χ0v) is 12.2. The van der Waals surface area contributed by atoms with Gasteiger partial charge < -0.3 is 15.2 Å². The van der Waals surface area contributed by atoms with Crippen LogP contribution in [0.5, 0.6) is 5.75 Å². The van der Waals surface area contributed by atoms with Crippen LogP contribution in [0.15, 0.2) is 16.6 Å². The van der Waals surface area contributed by atoms with Gasteiger partial charge >= 0.3 is 5.97 Å². The van der Waals surface area contributed by atoms with Crippen LogP contribution < -0.4 is 10.1 Å². The Morgan fingerprint density at radius 2 is 2.32 bits per heavy atom. The summed E-state index contributed by atoms with van der Waals surface area (Å²) in [5, 5.41) is 12.4. The highest BCUT2D eigenvalue weighted by Crippen LogP contribution is 2.41. The average Bonchev–Trinajstić information content (AvgIpc) is 2.93. The van der Waals surface area contributed by atoms with E-state index in [4.69, 9.17) is 9.84 Å². The lowest BCUT2D eigenvalue weighted by atomic mass is 9.97. The molecule has 1 saturated heterocycles. The lowest BCUT2D eigenvalue weighted by Crippen LogP contribution is -2.17. The van der Waals surface area contributed by atoms with Gasteiger partial charge in [-0.15, -0.1) is 0 Å². The topological polar surface area (TPSA) is 58.6 Å². The highest BCUT2D eigenvalue weighted by atomic mass is 79.9. The number of fused-ring (bicyclic) bond motifs is 1. The summed E-state index contributed by atoms with van der Waals surface area (Å²) >= 11 is 3.53. The number of ether oxygens (including phenoxy) is 1. The number of rotatable bonds is 2. The van der Waals surface area contributed by atoms with Gasteiger partial charge in [0.05, 0.1) is 5.92 Å². The minimum atomic E-state index is -0.726. The standard InChI is InChI=1S/C14H16BrNO3/c1-7-2-8-3-10(15)5-11(13(8)19-7)12-4-9(6-16-12)14(17)18/h3,5,7,9,12,16H,2,4,6H2,1H3,(H,17,18). The molecule has 19 heavy (non-hydrogen) atoms. The zero-order valence-electron chi connectivity index (χ0n) is 10.6. The molecule has 3 unspecified atom stereocenters. The molecule has 1 aromatic carbocycles. The van der Waals surface area contributed by atoms with Crippen LogP contribution in [-0.4, -0.2) is 23.7 Å². The first-order chi connectivity index (χ1) is 9.04. The molecule has 2 aliphatic rings. The quantitative estimate of drug-likeness (QED) is 0.877. The van der Waals surface area contributed by atoms with Gasteiger partial charge in [-0.25, -0.2) is 0 Å². The van der Waals surface area contributed by atoms with Gasteiger partial charge in [-0.3, -0.25) is 4.79 Å². The molecule has 0 amide bonds. The predicted octanol–water partition coefficient (Wildman–Crippen LogP) is 2.51. The van der Waals surface area contributed by atoms with Crippen LogP contribution in [0.25, 0.3) is 0 Å². The molecule has 0 saturated carbocycles. The molecule has 3 atom stereocenters. The average molecular weight is 326 g/mol. The monoisotopic (exact) mass is 325 g/mol. The van der Waals surface area contributed by atoms with E-state index in [1.807, 2.05) is 6.07 Å². The lowest BCUT2D eigenvalue weighted by molar-refractivity contribution is -0.141. The SMILES string of the molecule is CC1Cc2cc(Br)cc(C3CC(C(=O)O)CN3)c2O1. The maximum absolute atomic E-state index is 11.1. The molecule has 1 fully saturated rings. The predicted molar refractivity (Wildman–Crippen MR) is 74.4 cm³/mol. The fourth-order valence-corrected chi connectivity index (χ4v) is 3.46. The number of carboxylic acids is 1. The zero-order chi connectivity index (χ0) is 13.6. The molecule has 0 spiro atoms. The summed E-state index contributed by atoms with van der Waals surface area (Å²) in [6, 6.07) is 4.20. The molecule has 0 bridgehead atoms. The summed E-state index contributed by atoms with van der Waals surface area (Å²) in [4.78, 5) is 11.1. The fraction of sp³-hybridized carbons (Fsp3) is 0.500. The first kappa shape index (κ1) is 12.9. The van der Waals surface area contributed by atoms with Crippen molar-refractivity contribution in [1.82, 2.24) is 5.32 Å². The number of benzene rings is 1. The van der Waals surface area contributed by atoms with Crippen molar-refractivity contribution in [3.8, 4) is 5.75 Å². The second-order valence-electron chi connectivity index (χ2n) is 5.35. The summed E-state index contributed by atoms with van der Waals surface area (Å²) in [5.74, 6) is -0.0892. The molecule has 3 rings (SSSR count). The van der Waals surface area contributed by atoms with Crippen LogP contribution in [0, 0.1) is 5.92 Å². The van der Waals surface area contributed by atoms with Crippen molar-refractivity contribution in [2.75, 3.05) is 6.54 Å². The molecule has 0 radical (unpaired) electrons. The maximum atomic E-state index is 11.1. The Kier molecular flexibility index (Phi) is 3.27. The maximum Gasteiger partial charge on any atom is 0.307 e. The molecule has 0 aromatic heterocycles. The second kappa shape index (κ2) is 4.80. The Labute approximate surface area is 120 Å². The molecule has 2 N–H and O–H groups in total. The van der Waals surface area contributed by atoms with E-state index in [2.05, 4.69) is 34.2 Å². The number of carboxylic acid groups (broad SMARTS) is 1. The molecule has 1 aromatic rings. The number of halogens is 1. The second-order valence-corrected chi connectivity index (χ2v) is 6.26. The fourth-order valence-electron chi connectivity index (χ4n) is 2.94. The van der Waals surface area contributed by atoms with E-state index in [1.165, 1.54) is 5.56 Å². The molecular weight excluding hydrogens is 310 g/mol. The van der Waals surface area contributed by atoms with Crippen molar-refractivity contribution in [3.05, 3.63) is 27.7 Å². The normalized spacial score (nSPS) is 29.1. The molecule has 4 nitrogen and oxygen atoms in total. The number of aliphatic carboxylic acids is 1. The highest BCUT2D eigenvalue weighted by molar-refractivity contribution is 9.10. The third kappa shape index (κ3) is 2.37. The van der Waals surface area contributed by atoms with Gasteiger partial charge in [0.15, 0.2) is 0 Å². The number of hydrogen-bond donors (Lipinski definition) is 2. The largest absolute Gasteiger partial charge is 0.490 e. The van der Waals surface area contributed by atoms with Crippen molar-refractivity contribution < 1.29 is 14.6 Å². The van der Waals surface area contributed by atoms with Crippen LogP contribution in [0.2, 0.25) is 0 Å². The van der Waals surface area contributed by atoms with Gasteiger partial charge in [0.2, 0.25) is 0 Å². The van der Waals surface area contributed by atoms with E-state index in [1.54, 1.807) is 0 Å². The van der Waals surface area contributed by atoms with Crippen LogP contribution >= 0.6 is 15.9 Å². The molecule has 0 aliphatic carbocycles. The smallest absolute Gasteiger partial charge is 0.307 e. The van der Waals surface area contributed by atoms with Crippen molar-refractivity contribution in [3.63, 3.8) is 0 Å². The minimum Gasteiger partial charge on any atom is -0.490 e. The van der Waals surface area contributed by atoms with E-state index >= 15 is 0 Å². The van der Waals surface area contributed by atoms with Gasteiger partial charge in [0, 0.05) is 29.0 Å². The first-order valence-corrected chi connectivity index (χ1v) is 7.29. The summed E-state index contributed by atoms with van der Waals surface area (Å²) in [7, 11) is 0. The Morgan fingerprint density at radius 3 is 3.00 bits per heavy atom. The molecule has 2 heterocycles. The first-order valence-electron chi connectivity index (χ1n) is 6.49. The molecular formula is C14H16BrNO3. The lowest BCUT2D eigenvalue weighted by Gasteiger charge is -2.16. The van der Waals surface area contributed by atoms with Gasteiger partial charge in [0.25, 0.3) is 0 Å². The number of nitrogens with one attached hydrogen (secondary N) is 1. The Hall–Kier alpha value is -1.07.